The number of nitrogens with two attached hydrogens (primary N) is 1. The number of rotatable bonds is 10. The number of aliphatic hydroxyl groups is 2. The zero-order valence-corrected chi connectivity index (χ0v) is 24.1. The molecule has 2 amide bonds. The van der Waals surface area contributed by atoms with Gasteiger partial charge in [-0.3, -0.25) is 9.59 Å². The van der Waals surface area contributed by atoms with E-state index in [1.807, 2.05) is 31.2 Å². The van der Waals surface area contributed by atoms with E-state index in [2.05, 4.69) is 0 Å². The SMILES string of the molecule is CCc1cccc(CN(C[C@@H](O)[C@@H](N)Cc2cc(F)cc(F)c2)C(=O)c2cc(C)cc(C(=O)N3CCCC(O)C3)c2)c1. The molecule has 1 fully saturated rings. The summed E-state index contributed by atoms with van der Waals surface area (Å²) >= 11 is 0. The molecule has 0 aliphatic carbocycles. The van der Waals surface area contributed by atoms with Gasteiger partial charge in [0.05, 0.1) is 12.2 Å². The van der Waals surface area contributed by atoms with Gasteiger partial charge >= 0.3 is 0 Å². The minimum absolute atomic E-state index is 0.00791. The van der Waals surface area contributed by atoms with Gasteiger partial charge in [0.25, 0.3) is 11.8 Å². The molecule has 1 aliphatic heterocycles. The largest absolute Gasteiger partial charge is 0.391 e. The van der Waals surface area contributed by atoms with Gasteiger partial charge in [0, 0.05) is 49.4 Å². The van der Waals surface area contributed by atoms with Crippen LogP contribution in [0.3, 0.4) is 0 Å². The van der Waals surface area contributed by atoms with Crippen molar-refractivity contribution in [2.75, 3.05) is 19.6 Å². The molecule has 3 aromatic rings. The highest BCUT2D eigenvalue weighted by Gasteiger charge is 2.27. The Hall–Kier alpha value is -3.66. The van der Waals surface area contributed by atoms with E-state index in [0.717, 1.165) is 29.2 Å². The Bertz CT molecular complexity index is 1400. The number of amides is 2. The van der Waals surface area contributed by atoms with Gasteiger partial charge in [0.15, 0.2) is 0 Å². The van der Waals surface area contributed by atoms with Crippen LogP contribution in [0.15, 0.2) is 60.7 Å². The molecule has 1 unspecified atom stereocenters. The number of aryl methyl sites for hydroxylation is 2. The van der Waals surface area contributed by atoms with Crippen LogP contribution in [0.25, 0.3) is 0 Å². The van der Waals surface area contributed by atoms with E-state index in [4.69, 9.17) is 5.73 Å². The van der Waals surface area contributed by atoms with Gasteiger partial charge in [-0.2, -0.15) is 0 Å². The Morgan fingerprint density at radius 2 is 1.71 bits per heavy atom. The molecule has 0 spiro atoms. The van der Waals surface area contributed by atoms with Crippen LogP contribution in [-0.2, 0) is 19.4 Å². The summed E-state index contributed by atoms with van der Waals surface area (Å²) in [6.45, 7) is 4.66. The first-order valence-corrected chi connectivity index (χ1v) is 14.4. The normalized spacial score (nSPS) is 16.6. The number of carbonyl (C=O) groups is 2. The van der Waals surface area contributed by atoms with Crippen molar-refractivity contribution >= 4 is 11.8 Å². The van der Waals surface area contributed by atoms with Crippen LogP contribution in [0.4, 0.5) is 8.78 Å². The van der Waals surface area contributed by atoms with Gasteiger partial charge in [-0.15, -0.1) is 0 Å². The number of likely N-dealkylation sites (tertiary alicyclic amines) is 1. The molecule has 7 nitrogen and oxygen atoms in total. The summed E-state index contributed by atoms with van der Waals surface area (Å²) < 4.78 is 27.4. The standard InChI is InChI=1S/C33H39F2N3O4/c1-3-22-6-4-7-23(12-22)18-38(20-31(40)30(36)15-24-13-27(34)17-28(35)14-24)33(42)26-11-21(2)10-25(16-26)32(41)37-9-5-8-29(39)19-37/h4,6-7,10-14,16-17,29-31,39-40H,3,5,8-9,15,18-20,36H2,1-2H3/t29?,30-,31+/m0/s1. The molecule has 224 valence electrons. The number of hydrogen-bond donors (Lipinski definition) is 3. The molecule has 0 saturated carbocycles. The molecule has 1 aliphatic rings. The lowest BCUT2D eigenvalue weighted by Crippen LogP contribution is -2.46. The van der Waals surface area contributed by atoms with Crippen molar-refractivity contribution in [1.29, 1.82) is 0 Å². The van der Waals surface area contributed by atoms with Crippen molar-refractivity contribution in [2.24, 2.45) is 5.73 Å². The lowest BCUT2D eigenvalue weighted by Gasteiger charge is -2.31. The lowest BCUT2D eigenvalue weighted by atomic mass is 10.00. The van der Waals surface area contributed by atoms with E-state index in [9.17, 15) is 28.6 Å². The first-order chi connectivity index (χ1) is 20.0. The summed E-state index contributed by atoms with van der Waals surface area (Å²) in [5.41, 5.74) is 9.88. The van der Waals surface area contributed by atoms with Crippen molar-refractivity contribution in [2.45, 2.75) is 64.3 Å². The second-order valence-electron chi connectivity index (χ2n) is 11.2. The maximum absolute atomic E-state index is 14.0. The van der Waals surface area contributed by atoms with Crippen molar-refractivity contribution in [1.82, 2.24) is 9.80 Å². The number of nitrogens with zero attached hydrogens (tertiary/aromatic N) is 2. The van der Waals surface area contributed by atoms with Gasteiger partial charge in [0.2, 0.25) is 0 Å². The molecular formula is C33H39F2N3O4. The Morgan fingerprint density at radius 3 is 2.40 bits per heavy atom. The monoisotopic (exact) mass is 579 g/mol. The van der Waals surface area contributed by atoms with E-state index < -0.39 is 35.8 Å². The summed E-state index contributed by atoms with van der Waals surface area (Å²) in [5, 5.41) is 21.1. The fraction of sp³-hybridized carbons (Fsp3) is 0.394. The first-order valence-electron chi connectivity index (χ1n) is 14.4. The zero-order valence-electron chi connectivity index (χ0n) is 24.1. The number of β-amino-alcohol motifs (C(OH)–C–C–N with tert-alkyl or cyclic N) is 1. The predicted molar refractivity (Wildman–Crippen MR) is 157 cm³/mol. The van der Waals surface area contributed by atoms with Crippen molar-refractivity contribution < 1.29 is 28.6 Å². The number of piperidine rings is 1. The van der Waals surface area contributed by atoms with E-state index in [0.29, 0.717) is 30.5 Å². The molecule has 1 saturated heterocycles. The molecule has 4 rings (SSSR count). The van der Waals surface area contributed by atoms with Crippen LogP contribution >= 0.6 is 0 Å². The van der Waals surface area contributed by atoms with Crippen LogP contribution in [0, 0.1) is 18.6 Å². The topological polar surface area (TPSA) is 107 Å². The van der Waals surface area contributed by atoms with Crippen molar-refractivity contribution in [3.63, 3.8) is 0 Å². The van der Waals surface area contributed by atoms with Crippen LogP contribution in [-0.4, -0.2) is 69.7 Å². The maximum Gasteiger partial charge on any atom is 0.254 e. The number of hydrogen-bond acceptors (Lipinski definition) is 5. The zero-order chi connectivity index (χ0) is 30.4. The third-order valence-corrected chi connectivity index (χ3v) is 7.61. The van der Waals surface area contributed by atoms with E-state index in [1.54, 1.807) is 30.0 Å². The number of benzene rings is 3. The van der Waals surface area contributed by atoms with Crippen molar-refractivity contribution in [3.8, 4) is 0 Å². The van der Waals surface area contributed by atoms with E-state index >= 15 is 0 Å². The molecule has 4 N–H and O–H groups in total. The molecule has 0 aromatic heterocycles. The summed E-state index contributed by atoms with van der Waals surface area (Å²) in [6, 6.07) is 15.0. The predicted octanol–water partition coefficient (Wildman–Crippen LogP) is 4.01. The minimum Gasteiger partial charge on any atom is -0.391 e. The number of carbonyl (C=O) groups excluding carboxylic acids is 2. The number of aliphatic hydroxyl groups excluding tert-OH is 2. The Kier molecular flexibility index (Phi) is 10.4. The average Bonchev–Trinajstić information content (AvgIpc) is 2.95. The highest BCUT2D eigenvalue weighted by atomic mass is 19.1. The first kappa shape index (κ1) is 31.3. The molecule has 3 aromatic carbocycles. The lowest BCUT2D eigenvalue weighted by molar-refractivity contribution is 0.0473. The molecule has 42 heavy (non-hydrogen) atoms. The Balaban J connectivity index is 1.59. The molecule has 0 bridgehead atoms. The summed E-state index contributed by atoms with van der Waals surface area (Å²) in [6.07, 6.45) is 0.402. The highest BCUT2D eigenvalue weighted by molar-refractivity contribution is 6.00. The smallest absolute Gasteiger partial charge is 0.254 e. The number of halogens is 2. The molecule has 9 heteroatoms. The summed E-state index contributed by atoms with van der Waals surface area (Å²) in [7, 11) is 0. The van der Waals surface area contributed by atoms with E-state index in [1.165, 1.54) is 17.0 Å². The summed E-state index contributed by atoms with van der Waals surface area (Å²) in [4.78, 5) is 30.3. The van der Waals surface area contributed by atoms with Gasteiger partial charge < -0.3 is 25.7 Å². The fourth-order valence-corrected chi connectivity index (χ4v) is 5.42. The van der Waals surface area contributed by atoms with Crippen molar-refractivity contribution in [3.05, 3.63) is 106 Å². The van der Waals surface area contributed by atoms with Crippen LogP contribution in [0.2, 0.25) is 0 Å². The summed E-state index contributed by atoms with van der Waals surface area (Å²) in [5.74, 6) is -2.11. The maximum atomic E-state index is 14.0. The molecule has 0 radical (unpaired) electrons. The highest BCUT2D eigenvalue weighted by Crippen LogP contribution is 2.20. The van der Waals surface area contributed by atoms with Crippen LogP contribution in [0.5, 0.6) is 0 Å². The van der Waals surface area contributed by atoms with Gasteiger partial charge in [-0.05, 0) is 85.2 Å². The molecule has 1 heterocycles. The van der Waals surface area contributed by atoms with Crippen LogP contribution in [0.1, 0.15) is 62.7 Å². The van der Waals surface area contributed by atoms with Gasteiger partial charge in [0.1, 0.15) is 11.6 Å². The second-order valence-corrected chi connectivity index (χ2v) is 11.2. The van der Waals surface area contributed by atoms with Gasteiger partial charge in [-0.25, -0.2) is 8.78 Å². The Labute approximate surface area is 245 Å². The average molecular weight is 580 g/mol. The molecular weight excluding hydrogens is 540 g/mol. The Morgan fingerprint density at radius 1 is 1.02 bits per heavy atom. The van der Waals surface area contributed by atoms with Gasteiger partial charge in [-0.1, -0.05) is 31.2 Å². The third kappa shape index (κ3) is 8.21. The molecule has 3 atom stereocenters. The van der Waals surface area contributed by atoms with Crippen LogP contribution < -0.4 is 5.73 Å². The second kappa shape index (κ2) is 14.0. The minimum atomic E-state index is -1.20. The van der Waals surface area contributed by atoms with E-state index in [-0.39, 0.29) is 37.5 Å². The third-order valence-electron chi connectivity index (χ3n) is 7.61. The fourth-order valence-electron chi connectivity index (χ4n) is 5.42. The quantitative estimate of drug-likeness (QED) is 0.337.